The van der Waals surface area contributed by atoms with Crippen molar-refractivity contribution in [1.82, 2.24) is 19.4 Å². The van der Waals surface area contributed by atoms with Gasteiger partial charge in [-0.05, 0) is 37.1 Å². The van der Waals surface area contributed by atoms with Gasteiger partial charge in [-0.25, -0.2) is 4.52 Å². The number of rotatable bonds is 3. The van der Waals surface area contributed by atoms with Crippen molar-refractivity contribution in [3.63, 3.8) is 0 Å². The average molecular weight is 335 g/mol. The Morgan fingerprint density at radius 2 is 2.26 bits per heavy atom. The van der Waals surface area contributed by atoms with E-state index in [1.807, 2.05) is 18.0 Å². The van der Waals surface area contributed by atoms with Gasteiger partial charge in [0, 0.05) is 37.4 Å². The van der Waals surface area contributed by atoms with Crippen LogP contribution in [-0.4, -0.2) is 58.0 Å². The maximum absolute atomic E-state index is 12.8. The Labute approximate surface area is 141 Å². The average Bonchev–Trinajstić information content (AvgIpc) is 2.96. The lowest BCUT2D eigenvalue weighted by Gasteiger charge is -2.40. The quantitative estimate of drug-likeness (QED) is 0.866. The van der Waals surface area contributed by atoms with Crippen LogP contribution in [0.2, 0.25) is 5.02 Å². The smallest absolute Gasteiger partial charge is 0.274 e. The van der Waals surface area contributed by atoms with Gasteiger partial charge >= 0.3 is 0 Å². The van der Waals surface area contributed by atoms with Crippen LogP contribution in [-0.2, 0) is 0 Å². The molecule has 1 saturated heterocycles. The second-order valence-electron chi connectivity index (χ2n) is 6.39. The largest absolute Gasteiger partial charge is 0.337 e. The van der Waals surface area contributed by atoms with E-state index in [4.69, 9.17) is 11.6 Å². The summed E-state index contributed by atoms with van der Waals surface area (Å²) in [5.74, 6) is 0.441. The molecule has 1 aliphatic rings. The molecule has 1 fully saturated rings. The van der Waals surface area contributed by atoms with Crippen LogP contribution in [0.5, 0.6) is 0 Å². The van der Waals surface area contributed by atoms with E-state index in [-0.39, 0.29) is 11.9 Å². The maximum atomic E-state index is 12.8. The molecule has 0 spiro atoms. The maximum Gasteiger partial charge on any atom is 0.274 e. The molecule has 0 bridgehead atoms. The second kappa shape index (κ2) is 6.49. The van der Waals surface area contributed by atoms with E-state index < -0.39 is 0 Å². The van der Waals surface area contributed by atoms with Gasteiger partial charge in [0.15, 0.2) is 5.69 Å². The minimum Gasteiger partial charge on any atom is -0.337 e. The zero-order chi connectivity index (χ0) is 16.6. The molecule has 0 radical (unpaired) electrons. The molecule has 0 aliphatic carbocycles. The summed E-state index contributed by atoms with van der Waals surface area (Å²) in [6, 6.07) is 5.64. The second-order valence-corrected chi connectivity index (χ2v) is 6.82. The van der Waals surface area contributed by atoms with Crippen LogP contribution in [0.25, 0.3) is 5.52 Å². The van der Waals surface area contributed by atoms with E-state index in [1.165, 1.54) is 0 Å². The van der Waals surface area contributed by atoms with E-state index in [1.54, 1.807) is 22.8 Å². The van der Waals surface area contributed by atoms with Crippen LogP contribution in [0.1, 0.15) is 30.8 Å². The highest BCUT2D eigenvalue weighted by atomic mass is 35.5. The summed E-state index contributed by atoms with van der Waals surface area (Å²) in [6.45, 7) is 7.56. The van der Waals surface area contributed by atoms with Crippen LogP contribution in [0, 0.1) is 5.92 Å². The fourth-order valence-corrected chi connectivity index (χ4v) is 3.65. The van der Waals surface area contributed by atoms with Crippen molar-refractivity contribution in [2.24, 2.45) is 5.92 Å². The third-order valence-electron chi connectivity index (χ3n) is 4.85. The Morgan fingerprint density at radius 3 is 2.96 bits per heavy atom. The number of halogens is 1. The monoisotopic (exact) mass is 334 g/mol. The molecule has 1 amide bonds. The zero-order valence-electron chi connectivity index (χ0n) is 13.9. The summed E-state index contributed by atoms with van der Waals surface area (Å²) in [5, 5.41) is 5.03. The van der Waals surface area contributed by atoms with Gasteiger partial charge in [-0.1, -0.05) is 25.4 Å². The van der Waals surface area contributed by atoms with E-state index in [2.05, 4.69) is 23.8 Å². The van der Waals surface area contributed by atoms with Crippen molar-refractivity contribution < 1.29 is 4.79 Å². The summed E-state index contributed by atoms with van der Waals surface area (Å²) in [6.07, 6.45) is 2.78. The number of carbonyl (C=O) groups excluding carboxylic acids is 1. The molecule has 2 aromatic rings. The van der Waals surface area contributed by atoms with Gasteiger partial charge in [0.1, 0.15) is 0 Å². The van der Waals surface area contributed by atoms with Crippen molar-refractivity contribution in [3.8, 4) is 0 Å². The molecule has 6 heteroatoms. The highest BCUT2D eigenvalue weighted by Crippen LogP contribution is 2.23. The van der Waals surface area contributed by atoms with Gasteiger partial charge in [-0.3, -0.25) is 4.79 Å². The van der Waals surface area contributed by atoms with Crippen molar-refractivity contribution in [3.05, 3.63) is 35.1 Å². The molecule has 0 aromatic carbocycles. The lowest BCUT2D eigenvalue weighted by Crippen LogP contribution is -2.50. The Balaban J connectivity index is 1.78. The lowest BCUT2D eigenvalue weighted by atomic mass is 9.92. The summed E-state index contributed by atoms with van der Waals surface area (Å²) in [4.78, 5) is 17.1. The van der Waals surface area contributed by atoms with Gasteiger partial charge in [-0.2, -0.15) is 5.10 Å². The first-order valence-corrected chi connectivity index (χ1v) is 8.52. The topological polar surface area (TPSA) is 40.9 Å². The number of aromatic nitrogens is 2. The van der Waals surface area contributed by atoms with Gasteiger partial charge in [0.25, 0.3) is 5.91 Å². The zero-order valence-corrected chi connectivity index (χ0v) is 14.6. The highest BCUT2D eigenvalue weighted by molar-refractivity contribution is 6.30. The predicted molar refractivity (Wildman–Crippen MR) is 92.0 cm³/mol. The SMILES string of the molecule is CCN1CCC(N(C)C(=O)c2cc3cc(Cl)ccn3n2)C(C)C1. The molecule has 2 aromatic heterocycles. The standard InChI is InChI=1S/C17H23ClN4O/c1-4-21-7-6-16(12(2)11-21)20(3)17(23)15-10-14-9-13(18)5-8-22(14)19-15/h5,8-10,12,16H,4,6-7,11H2,1-3H3. The predicted octanol–water partition coefficient (Wildman–Crippen LogP) is 2.79. The number of piperidine rings is 1. The van der Waals surface area contributed by atoms with E-state index >= 15 is 0 Å². The number of amides is 1. The summed E-state index contributed by atoms with van der Waals surface area (Å²) < 4.78 is 1.69. The molecule has 2 unspecified atom stereocenters. The fraction of sp³-hybridized carbons (Fsp3) is 0.529. The molecule has 3 rings (SSSR count). The Kier molecular flexibility index (Phi) is 4.60. The van der Waals surface area contributed by atoms with E-state index in [0.717, 1.165) is 31.6 Å². The Bertz CT molecular complexity index is 714. The fourth-order valence-electron chi connectivity index (χ4n) is 3.49. The minimum absolute atomic E-state index is 0.0216. The Morgan fingerprint density at radius 1 is 1.48 bits per heavy atom. The van der Waals surface area contributed by atoms with Gasteiger partial charge in [0.05, 0.1) is 5.52 Å². The summed E-state index contributed by atoms with van der Waals surface area (Å²) in [7, 11) is 1.89. The number of nitrogens with zero attached hydrogens (tertiary/aromatic N) is 4. The Hall–Kier alpha value is -1.59. The lowest BCUT2D eigenvalue weighted by molar-refractivity contribution is 0.0515. The first-order valence-electron chi connectivity index (χ1n) is 8.14. The number of fused-ring (bicyclic) bond motifs is 1. The van der Waals surface area contributed by atoms with Crippen LogP contribution >= 0.6 is 11.6 Å². The molecule has 1 aliphatic heterocycles. The number of pyridine rings is 1. The van der Waals surface area contributed by atoms with Crippen LogP contribution < -0.4 is 0 Å². The molecule has 0 N–H and O–H groups in total. The van der Waals surface area contributed by atoms with Crippen molar-refractivity contribution in [2.45, 2.75) is 26.3 Å². The van der Waals surface area contributed by atoms with Crippen molar-refractivity contribution in [2.75, 3.05) is 26.7 Å². The van der Waals surface area contributed by atoms with Gasteiger partial charge in [-0.15, -0.1) is 0 Å². The molecule has 2 atom stereocenters. The summed E-state index contributed by atoms with van der Waals surface area (Å²) >= 11 is 6.00. The first kappa shape index (κ1) is 16.3. The third kappa shape index (κ3) is 3.21. The van der Waals surface area contributed by atoms with Gasteiger partial charge < -0.3 is 9.80 Å². The van der Waals surface area contributed by atoms with Crippen LogP contribution in [0.3, 0.4) is 0 Å². The van der Waals surface area contributed by atoms with Crippen LogP contribution in [0.15, 0.2) is 24.4 Å². The molecule has 23 heavy (non-hydrogen) atoms. The number of carbonyl (C=O) groups is 1. The normalized spacial score (nSPS) is 22.4. The number of hydrogen-bond acceptors (Lipinski definition) is 3. The van der Waals surface area contributed by atoms with Crippen LogP contribution in [0.4, 0.5) is 0 Å². The third-order valence-corrected chi connectivity index (χ3v) is 5.09. The molecular weight excluding hydrogens is 312 g/mol. The first-order chi connectivity index (χ1) is 11.0. The van der Waals surface area contributed by atoms with Crippen molar-refractivity contribution >= 4 is 23.0 Å². The summed E-state index contributed by atoms with van der Waals surface area (Å²) in [5.41, 5.74) is 1.31. The van der Waals surface area contributed by atoms with Gasteiger partial charge in [0.2, 0.25) is 0 Å². The molecular formula is C17H23ClN4O. The molecule has 124 valence electrons. The number of likely N-dealkylation sites (tertiary alicyclic amines) is 1. The number of hydrogen-bond donors (Lipinski definition) is 0. The van der Waals surface area contributed by atoms with Crippen molar-refractivity contribution in [1.29, 1.82) is 0 Å². The minimum atomic E-state index is -0.0216. The molecule has 5 nitrogen and oxygen atoms in total. The van der Waals surface area contributed by atoms with E-state index in [9.17, 15) is 4.79 Å². The highest BCUT2D eigenvalue weighted by Gasteiger charge is 2.31. The van der Waals surface area contributed by atoms with E-state index in [0.29, 0.717) is 16.6 Å². The molecule has 0 saturated carbocycles. The molecule has 3 heterocycles.